The van der Waals surface area contributed by atoms with Crippen LogP contribution in [0.2, 0.25) is 5.32 Å². The molecular formula is C17H25NO5Se. The Bertz CT molecular complexity index is 539. The minimum atomic E-state index is -1.04. The fourth-order valence-electron chi connectivity index (χ4n) is 1.82. The minimum absolute atomic E-state index is 0.262. The van der Waals surface area contributed by atoms with Crippen molar-refractivity contribution in [1.82, 2.24) is 5.32 Å². The number of benzene rings is 1. The van der Waals surface area contributed by atoms with Crippen LogP contribution in [0.4, 0.5) is 4.79 Å². The predicted molar refractivity (Wildman–Crippen MR) is 92.7 cm³/mol. The van der Waals surface area contributed by atoms with Gasteiger partial charge in [-0.05, 0) is 0 Å². The van der Waals surface area contributed by atoms with Crippen molar-refractivity contribution in [2.45, 2.75) is 49.5 Å². The van der Waals surface area contributed by atoms with Gasteiger partial charge in [0.2, 0.25) is 0 Å². The van der Waals surface area contributed by atoms with Crippen LogP contribution < -0.4 is 10.1 Å². The van der Waals surface area contributed by atoms with Gasteiger partial charge >= 0.3 is 149 Å². The van der Waals surface area contributed by atoms with Crippen LogP contribution in [0.5, 0.6) is 5.75 Å². The molecule has 24 heavy (non-hydrogen) atoms. The third-order valence-corrected chi connectivity index (χ3v) is 5.20. The average molecular weight is 402 g/mol. The van der Waals surface area contributed by atoms with Crippen LogP contribution in [0.3, 0.4) is 0 Å². The molecule has 0 fully saturated rings. The summed E-state index contributed by atoms with van der Waals surface area (Å²) in [5.74, 6) is -0.222. The van der Waals surface area contributed by atoms with Gasteiger partial charge in [-0.3, -0.25) is 0 Å². The molecule has 0 aliphatic carbocycles. The first-order chi connectivity index (χ1) is 11.2. The Morgan fingerprint density at radius 1 is 1.25 bits per heavy atom. The fraction of sp³-hybridized carbons (Fsp3) is 0.529. The van der Waals surface area contributed by atoms with Gasteiger partial charge in [0.1, 0.15) is 0 Å². The van der Waals surface area contributed by atoms with Crippen molar-refractivity contribution in [1.29, 1.82) is 0 Å². The summed E-state index contributed by atoms with van der Waals surface area (Å²) in [4.78, 5) is 22.9. The summed E-state index contributed by atoms with van der Waals surface area (Å²) in [5, 5.41) is 13.3. The van der Waals surface area contributed by atoms with Crippen LogP contribution in [0.15, 0.2) is 24.3 Å². The Balaban J connectivity index is 2.38. The van der Waals surface area contributed by atoms with Gasteiger partial charge in [0.15, 0.2) is 0 Å². The molecule has 1 aromatic carbocycles. The van der Waals surface area contributed by atoms with E-state index in [-0.39, 0.29) is 15.0 Å². The van der Waals surface area contributed by atoms with E-state index >= 15 is 0 Å². The number of rotatable bonds is 8. The Labute approximate surface area is 149 Å². The number of ether oxygens (including phenoxy) is 2. The zero-order valence-electron chi connectivity index (χ0n) is 14.5. The zero-order valence-corrected chi connectivity index (χ0v) is 16.2. The van der Waals surface area contributed by atoms with Gasteiger partial charge < -0.3 is 0 Å². The fourth-order valence-corrected chi connectivity index (χ4v) is 3.87. The topological polar surface area (TPSA) is 84.9 Å². The molecule has 0 spiro atoms. The van der Waals surface area contributed by atoms with Gasteiger partial charge in [-0.15, -0.1) is 0 Å². The molecule has 1 atom stereocenters. The number of carbonyl (C=O) groups is 2. The van der Waals surface area contributed by atoms with E-state index in [0.717, 1.165) is 16.4 Å². The van der Waals surface area contributed by atoms with E-state index in [9.17, 15) is 14.7 Å². The standard InChI is InChI=1S/C17H25NO5Se/c1-17(2,3)23-16(21)18-14(15(19)20)9-10-24-11-12-5-7-13(22-4)8-6-12/h5-8,14H,9-11H2,1-4H3,(H,18,21)(H,19,20). The molecule has 1 rings (SSSR count). The van der Waals surface area contributed by atoms with Crippen LogP contribution in [0, 0.1) is 0 Å². The molecule has 1 unspecified atom stereocenters. The summed E-state index contributed by atoms with van der Waals surface area (Å²) < 4.78 is 10.2. The number of amides is 1. The second kappa shape index (κ2) is 9.55. The van der Waals surface area contributed by atoms with Crippen LogP contribution in [-0.2, 0) is 14.9 Å². The molecule has 1 aromatic rings. The van der Waals surface area contributed by atoms with Gasteiger partial charge in [-0.2, -0.15) is 0 Å². The van der Waals surface area contributed by atoms with Crippen molar-refractivity contribution in [3.05, 3.63) is 29.8 Å². The van der Waals surface area contributed by atoms with E-state index in [1.807, 2.05) is 24.3 Å². The zero-order chi connectivity index (χ0) is 18.2. The molecule has 0 saturated heterocycles. The van der Waals surface area contributed by atoms with Crippen molar-refractivity contribution in [2.24, 2.45) is 0 Å². The molecule has 0 aliphatic rings. The number of carboxylic acid groups (broad SMARTS) is 1. The monoisotopic (exact) mass is 403 g/mol. The Kier molecular flexibility index (Phi) is 8.08. The Morgan fingerprint density at radius 3 is 2.38 bits per heavy atom. The van der Waals surface area contributed by atoms with E-state index < -0.39 is 23.7 Å². The molecule has 0 radical (unpaired) electrons. The number of methoxy groups -OCH3 is 1. The summed E-state index contributed by atoms with van der Waals surface area (Å²) in [6.07, 6.45) is -0.303. The molecule has 7 heteroatoms. The molecule has 0 bridgehead atoms. The number of carbonyl (C=O) groups excluding carboxylic acids is 1. The molecule has 0 heterocycles. The average Bonchev–Trinajstić information content (AvgIpc) is 2.48. The molecule has 0 saturated carbocycles. The number of nitrogens with one attached hydrogen (secondary N) is 1. The Hall–Kier alpha value is -1.72. The van der Waals surface area contributed by atoms with Crippen LogP contribution in [0.1, 0.15) is 32.8 Å². The normalized spacial score (nSPS) is 12.3. The maximum absolute atomic E-state index is 11.7. The summed E-state index contributed by atoms with van der Waals surface area (Å²) in [6, 6.07) is 6.92. The molecule has 0 aliphatic heterocycles. The second-order valence-electron chi connectivity index (χ2n) is 6.23. The van der Waals surface area contributed by atoms with E-state index in [4.69, 9.17) is 9.47 Å². The number of carboxylic acids is 1. The number of alkyl carbamates (subject to hydrolysis) is 1. The van der Waals surface area contributed by atoms with E-state index in [1.165, 1.54) is 5.56 Å². The molecule has 6 nitrogen and oxygen atoms in total. The molecule has 0 aromatic heterocycles. The number of hydrogen-bond acceptors (Lipinski definition) is 4. The summed E-state index contributed by atoms with van der Waals surface area (Å²) in [5.41, 5.74) is 0.550. The molecule has 2 N–H and O–H groups in total. The molecule has 134 valence electrons. The summed E-state index contributed by atoms with van der Waals surface area (Å²) >= 11 is 0.262. The van der Waals surface area contributed by atoms with Gasteiger partial charge in [0.25, 0.3) is 0 Å². The second-order valence-corrected chi connectivity index (χ2v) is 8.55. The third kappa shape index (κ3) is 8.22. The van der Waals surface area contributed by atoms with Crippen molar-refractivity contribution in [3.63, 3.8) is 0 Å². The maximum atomic E-state index is 11.7. The quantitative estimate of drug-likeness (QED) is 0.516. The molecule has 1 amide bonds. The van der Waals surface area contributed by atoms with Crippen molar-refractivity contribution in [2.75, 3.05) is 7.11 Å². The van der Waals surface area contributed by atoms with Crippen molar-refractivity contribution < 1.29 is 24.2 Å². The summed E-state index contributed by atoms with van der Waals surface area (Å²) in [7, 11) is 1.63. The van der Waals surface area contributed by atoms with Gasteiger partial charge in [-0.1, -0.05) is 0 Å². The van der Waals surface area contributed by atoms with Crippen LogP contribution in [0.25, 0.3) is 0 Å². The van der Waals surface area contributed by atoms with Gasteiger partial charge in [0.05, 0.1) is 0 Å². The number of aliphatic carboxylic acids is 1. The first-order valence-corrected chi connectivity index (χ1v) is 10.1. The predicted octanol–water partition coefficient (Wildman–Crippen LogP) is 2.69. The van der Waals surface area contributed by atoms with E-state index in [1.54, 1.807) is 27.9 Å². The summed E-state index contributed by atoms with van der Waals surface area (Å²) in [6.45, 7) is 5.21. The van der Waals surface area contributed by atoms with Crippen LogP contribution in [-0.4, -0.2) is 50.9 Å². The van der Waals surface area contributed by atoms with E-state index in [2.05, 4.69) is 5.32 Å². The van der Waals surface area contributed by atoms with Gasteiger partial charge in [-0.25, -0.2) is 0 Å². The van der Waals surface area contributed by atoms with Crippen molar-refractivity contribution in [3.8, 4) is 5.75 Å². The molecular weight excluding hydrogens is 377 g/mol. The van der Waals surface area contributed by atoms with Crippen molar-refractivity contribution >= 4 is 27.0 Å². The first-order valence-electron chi connectivity index (χ1n) is 7.64. The van der Waals surface area contributed by atoms with E-state index in [0.29, 0.717) is 6.42 Å². The van der Waals surface area contributed by atoms with Crippen LogP contribution >= 0.6 is 0 Å². The van der Waals surface area contributed by atoms with Gasteiger partial charge in [0, 0.05) is 0 Å². The SMILES string of the molecule is COc1ccc(C[Se]CCC(NC(=O)OC(C)(C)C)C(=O)O)cc1. The third-order valence-electron chi connectivity index (χ3n) is 2.97. The Morgan fingerprint density at radius 2 is 1.88 bits per heavy atom. The number of hydrogen-bond donors (Lipinski definition) is 2. The first kappa shape index (κ1) is 20.3.